The second kappa shape index (κ2) is 5.82. The van der Waals surface area contributed by atoms with Gasteiger partial charge in [-0.2, -0.15) is 0 Å². The molecule has 19 heavy (non-hydrogen) atoms. The van der Waals surface area contributed by atoms with Crippen molar-refractivity contribution >= 4 is 6.09 Å². The number of nitrogens with one attached hydrogen (secondary N) is 1. The van der Waals surface area contributed by atoms with Crippen molar-refractivity contribution in [3.63, 3.8) is 0 Å². The highest BCUT2D eigenvalue weighted by Gasteiger charge is 2.19. The number of alkyl carbamates (subject to hydrolysis) is 1. The Kier molecular flexibility index (Phi) is 4.64. The van der Waals surface area contributed by atoms with Gasteiger partial charge in [0.15, 0.2) is 0 Å². The van der Waals surface area contributed by atoms with Crippen LogP contribution in [0.4, 0.5) is 4.79 Å². The fourth-order valence-electron chi connectivity index (χ4n) is 1.70. The highest BCUT2D eigenvalue weighted by Crippen LogP contribution is 2.33. The summed E-state index contributed by atoms with van der Waals surface area (Å²) in [6.45, 7) is 7.41. The Balaban J connectivity index is 2.61. The van der Waals surface area contributed by atoms with E-state index >= 15 is 0 Å². The average molecular weight is 267 g/mol. The SMILES string of the molecule is C[C@H](CNC(=O)OC(C)(C)C)c1c(O)cccc1O. The van der Waals surface area contributed by atoms with Crippen molar-refractivity contribution in [1.82, 2.24) is 5.32 Å². The molecule has 0 heterocycles. The van der Waals surface area contributed by atoms with Crippen LogP contribution in [0.5, 0.6) is 11.5 Å². The van der Waals surface area contributed by atoms with Crippen LogP contribution in [-0.4, -0.2) is 28.5 Å². The molecule has 0 spiro atoms. The van der Waals surface area contributed by atoms with E-state index in [4.69, 9.17) is 4.74 Å². The summed E-state index contributed by atoms with van der Waals surface area (Å²) >= 11 is 0. The summed E-state index contributed by atoms with van der Waals surface area (Å²) in [4.78, 5) is 11.5. The lowest BCUT2D eigenvalue weighted by molar-refractivity contribution is 0.0524. The Morgan fingerprint density at radius 2 is 1.84 bits per heavy atom. The molecule has 0 saturated heterocycles. The lowest BCUT2D eigenvalue weighted by atomic mass is 9.99. The normalized spacial score (nSPS) is 12.8. The number of aromatic hydroxyl groups is 2. The van der Waals surface area contributed by atoms with Crippen molar-refractivity contribution in [2.75, 3.05) is 6.54 Å². The van der Waals surface area contributed by atoms with Gasteiger partial charge in [-0.3, -0.25) is 0 Å². The number of benzene rings is 1. The first-order chi connectivity index (χ1) is 8.70. The maximum absolute atomic E-state index is 11.5. The first-order valence-corrected chi connectivity index (χ1v) is 6.18. The van der Waals surface area contributed by atoms with E-state index in [1.165, 1.54) is 12.1 Å². The van der Waals surface area contributed by atoms with E-state index in [0.717, 1.165) is 0 Å². The molecular formula is C14H21NO4. The first kappa shape index (κ1) is 15.1. The third-order valence-electron chi connectivity index (χ3n) is 2.50. The molecule has 5 nitrogen and oxygen atoms in total. The smallest absolute Gasteiger partial charge is 0.407 e. The molecule has 0 unspecified atom stereocenters. The number of hydrogen-bond donors (Lipinski definition) is 3. The number of hydrogen-bond acceptors (Lipinski definition) is 4. The van der Waals surface area contributed by atoms with Crippen LogP contribution in [-0.2, 0) is 4.74 Å². The van der Waals surface area contributed by atoms with Crippen LogP contribution in [0.2, 0.25) is 0 Å². The summed E-state index contributed by atoms with van der Waals surface area (Å²) in [5.41, 5.74) is -0.136. The number of ether oxygens (including phenoxy) is 1. The number of phenols is 2. The van der Waals surface area contributed by atoms with Gasteiger partial charge in [-0.15, -0.1) is 0 Å². The van der Waals surface area contributed by atoms with Gasteiger partial charge in [0.25, 0.3) is 0 Å². The lowest BCUT2D eigenvalue weighted by Gasteiger charge is -2.21. The summed E-state index contributed by atoms with van der Waals surface area (Å²) in [5, 5.41) is 22.0. The quantitative estimate of drug-likeness (QED) is 0.786. The summed E-state index contributed by atoms with van der Waals surface area (Å²) in [6, 6.07) is 4.56. The fraction of sp³-hybridized carbons (Fsp3) is 0.500. The number of rotatable bonds is 3. The molecule has 1 atom stereocenters. The molecule has 0 bridgehead atoms. The van der Waals surface area contributed by atoms with E-state index in [9.17, 15) is 15.0 Å². The molecule has 0 aliphatic heterocycles. The third-order valence-corrected chi connectivity index (χ3v) is 2.50. The predicted molar refractivity (Wildman–Crippen MR) is 72.4 cm³/mol. The van der Waals surface area contributed by atoms with Crippen molar-refractivity contribution < 1.29 is 19.7 Å². The van der Waals surface area contributed by atoms with E-state index in [2.05, 4.69) is 5.32 Å². The van der Waals surface area contributed by atoms with Gasteiger partial charge in [0, 0.05) is 18.0 Å². The average Bonchev–Trinajstić information content (AvgIpc) is 2.23. The summed E-state index contributed by atoms with van der Waals surface area (Å²) in [6.07, 6.45) is -0.519. The van der Waals surface area contributed by atoms with E-state index < -0.39 is 11.7 Å². The number of carbonyl (C=O) groups is 1. The zero-order valence-corrected chi connectivity index (χ0v) is 11.7. The fourth-order valence-corrected chi connectivity index (χ4v) is 1.70. The topological polar surface area (TPSA) is 78.8 Å². The molecule has 5 heteroatoms. The van der Waals surface area contributed by atoms with E-state index in [1.54, 1.807) is 33.8 Å². The maximum atomic E-state index is 11.5. The molecule has 0 saturated carbocycles. The Bertz CT molecular complexity index is 431. The molecule has 1 amide bonds. The van der Waals surface area contributed by atoms with Gasteiger partial charge in [-0.25, -0.2) is 4.79 Å². The predicted octanol–water partition coefficient (Wildman–Crippen LogP) is 2.73. The van der Waals surface area contributed by atoms with Gasteiger partial charge in [0.05, 0.1) is 0 Å². The zero-order chi connectivity index (χ0) is 14.6. The van der Waals surface area contributed by atoms with Crippen molar-refractivity contribution in [1.29, 1.82) is 0 Å². The maximum Gasteiger partial charge on any atom is 0.407 e. The molecule has 106 valence electrons. The van der Waals surface area contributed by atoms with Crippen molar-refractivity contribution in [3.05, 3.63) is 23.8 Å². The molecular weight excluding hydrogens is 246 g/mol. The van der Waals surface area contributed by atoms with Gasteiger partial charge < -0.3 is 20.3 Å². The van der Waals surface area contributed by atoms with Crippen LogP contribution in [0, 0.1) is 0 Å². The minimum atomic E-state index is -0.551. The van der Waals surface area contributed by atoms with Crippen molar-refractivity contribution in [2.45, 2.75) is 39.2 Å². The molecule has 0 fully saturated rings. The van der Waals surface area contributed by atoms with Crippen LogP contribution in [0.25, 0.3) is 0 Å². The van der Waals surface area contributed by atoms with Gasteiger partial charge >= 0.3 is 6.09 Å². The van der Waals surface area contributed by atoms with Crippen LogP contribution < -0.4 is 5.32 Å². The Morgan fingerprint density at radius 1 is 1.32 bits per heavy atom. The Labute approximate surface area is 113 Å². The highest BCUT2D eigenvalue weighted by molar-refractivity contribution is 5.67. The Morgan fingerprint density at radius 3 is 2.32 bits per heavy atom. The largest absolute Gasteiger partial charge is 0.508 e. The molecule has 1 aromatic rings. The Hall–Kier alpha value is -1.91. The number of amides is 1. The number of phenolic OH excluding ortho intramolecular Hbond substituents is 2. The van der Waals surface area contributed by atoms with Gasteiger partial charge in [0.1, 0.15) is 17.1 Å². The lowest BCUT2D eigenvalue weighted by Crippen LogP contribution is -2.34. The first-order valence-electron chi connectivity index (χ1n) is 6.18. The van der Waals surface area contributed by atoms with Crippen LogP contribution in [0.1, 0.15) is 39.2 Å². The van der Waals surface area contributed by atoms with Crippen molar-refractivity contribution in [3.8, 4) is 11.5 Å². The number of carbonyl (C=O) groups excluding carboxylic acids is 1. The molecule has 0 radical (unpaired) electrons. The van der Waals surface area contributed by atoms with Crippen LogP contribution >= 0.6 is 0 Å². The monoisotopic (exact) mass is 267 g/mol. The highest BCUT2D eigenvalue weighted by atomic mass is 16.6. The van der Waals surface area contributed by atoms with Crippen molar-refractivity contribution in [2.24, 2.45) is 0 Å². The van der Waals surface area contributed by atoms with Gasteiger partial charge in [-0.1, -0.05) is 13.0 Å². The standard InChI is InChI=1S/C14H21NO4/c1-9(8-15-13(18)19-14(2,3)4)12-10(16)6-5-7-11(12)17/h5-7,9,16-17H,8H2,1-4H3,(H,15,18)/t9-/m1/s1. The van der Waals surface area contributed by atoms with Gasteiger partial charge in [-0.05, 0) is 32.9 Å². The molecule has 3 N–H and O–H groups in total. The minimum absolute atomic E-state index is 0.0125. The van der Waals surface area contributed by atoms with E-state index in [-0.39, 0.29) is 24.0 Å². The van der Waals surface area contributed by atoms with Crippen LogP contribution in [0.15, 0.2) is 18.2 Å². The summed E-state index contributed by atoms with van der Waals surface area (Å²) in [7, 11) is 0. The van der Waals surface area contributed by atoms with Crippen LogP contribution in [0.3, 0.4) is 0 Å². The zero-order valence-electron chi connectivity index (χ0n) is 11.7. The minimum Gasteiger partial charge on any atom is -0.508 e. The molecule has 0 aliphatic rings. The molecule has 0 aromatic heterocycles. The molecule has 0 aliphatic carbocycles. The molecule has 1 aromatic carbocycles. The summed E-state index contributed by atoms with van der Waals surface area (Å²) < 4.78 is 5.11. The van der Waals surface area contributed by atoms with E-state index in [0.29, 0.717) is 5.56 Å². The summed E-state index contributed by atoms with van der Waals surface area (Å²) in [5.74, 6) is -0.203. The second-order valence-corrected chi connectivity index (χ2v) is 5.49. The van der Waals surface area contributed by atoms with E-state index in [1.807, 2.05) is 0 Å². The second-order valence-electron chi connectivity index (χ2n) is 5.49. The molecule has 1 rings (SSSR count). The third kappa shape index (κ3) is 4.69. The van der Waals surface area contributed by atoms with Gasteiger partial charge in [0.2, 0.25) is 0 Å².